The third kappa shape index (κ3) is 4.47. The molecule has 1 aromatic heterocycles. The van der Waals surface area contributed by atoms with Gasteiger partial charge < -0.3 is 10.2 Å². The lowest BCUT2D eigenvalue weighted by atomic mass is 9.94. The number of aromatic nitrogens is 2. The molecule has 0 bridgehead atoms. The topological polar surface area (TPSA) is 81.9 Å². The lowest BCUT2D eigenvalue weighted by Crippen LogP contribution is -2.39. The van der Waals surface area contributed by atoms with E-state index in [-0.39, 0.29) is 11.8 Å². The molecule has 2 aromatic carbocycles. The minimum Gasteiger partial charge on any atom is -0.338 e. The van der Waals surface area contributed by atoms with Gasteiger partial charge in [-0.1, -0.05) is 17.7 Å². The molecule has 0 unspecified atom stereocenters. The van der Waals surface area contributed by atoms with Crippen molar-refractivity contribution in [2.45, 2.75) is 25.7 Å². The number of benzene rings is 2. The molecule has 1 amide bonds. The average Bonchev–Trinajstić information content (AvgIpc) is 2.80. The average molecular weight is 397 g/mol. The summed E-state index contributed by atoms with van der Waals surface area (Å²) in [6.07, 6.45) is 3.68. The number of hydrogen-bond acceptors (Lipinski definition) is 5. The third-order valence-electron chi connectivity index (χ3n) is 5.37. The molecule has 3 aromatic rings. The molecule has 6 heteroatoms. The summed E-state index contributed by atoms with van der Waals surface area (Å²) in [7, 11) is 0. The molecule has 0 radical (unpaired) electrons. The van der Waals surface area contributed by atoms with Gasteiger partial charge >= 0.3 is 0 Å². The molecule has 150 valence electrons. The number of nitrogens with zero attached hydrogens (tertiary/aromatic N) is 4. The summed E-state index contributed by atoms with van der Waals surface area (Å²) in [5.74, 6) is 0.728. The van der Waals surface area contributed by atoms with Crippen molar-refractivity contribution < 1.29 is 4.79 Å². The molecule has 1 saturated heterocycles. The van der Waals surface area contributed by atoms with Gasteiger partial charge in [0.2, 0.25) is 5.95 Å². The van der Waals surface area contributed by atoms with Crippen molar-refractivity contribution in [1.29, 1.82) is 5.26 Å². The van der Waals surface area contributed by atoms with Crippen LogP contribution in [0.3, 0.4) is 0 Å². The van der Waals surface area contributed by atoms with Gasteiger partial charge in [-0.25, -0.2) is 9.97 Å². The van der Waals surface area contributed by atoms with Gasteiger partial charge in [0, 0.05) is 36.5 Å². The van der Waals surface area contributed by atoms with Crippen LogP contribution in [0.4, 0.5) is 11.6 Å². The van der Waals surface area contributed by atoms with E-state index in [1.807, 2.05) is 35.2 Å². The highest BCUT2D eigenvalue weighted by molar-refractivity contribution is 5.94. The van der Waals surface area contributed by atoms with Gasteiger partial charge in [0.05, 0.1) is 17.3 Å². The van der Waals surface area contributed by atoms with E-state index in [0.717, 1.165) is 30.8 Å². The third-order valence-corrected chi connectivity index (χ3v) is 5.37. The first-order valence-electron chi connectivity index (χ1n) is 10.1. The molecule has 1 atom stereocenters. The zero-order valence-corrected chi connectivity index (χ0v) is 16.9. The quantitative estimate of drug-likeness (QED) is 0.705. The predicted octanol–water partition coefficient (Wildman–Crippen LogP) is 4.42. The number of amides is 1. The fourth-order valence-electron chi connectivity index (χ4n) is 3.70. The minimum atomic E-state index is -0.00347. The Morgan fingerprint density at radius 1 is 1.13 bits per heavy atom. The maximum Gasteiger partial charge on any atom is 0.253 e. The van der Waals surface area contributed by atoms with Gasteiger partial charge in [0.1, 0.15) is 0 Å². The van der Waals surface area contributed by atoms with E-state index in [1.165, 1.54) is 5.56 Å². The Kier molecular flexibility index (Phi) is 5.71. The van der Waals surface area contributed by atoms with Gasteiger partial charge in [-0.3, -0.25) is 4.79 Å². The second-order valence-electron chi connectivity index (χ2n) is 7.58. The molecule has 0 saturated carbocycles. The van der Waals surface area contributed by atoms with Crippen LogP contribution in [0, 0.1) is 18.3 Å². The van der Waals surface area contributed by atoms with Gasteiger partial charge in [-0.05, 0) is 62.2 Å². The second-order valence-corrected chi connectivity index (χ2v) is 7.58. The monoisotopic (exact) mass is 397 g/mol. The Hall–Kier alpha value is -3.72. The van der Waals surface area contributed by atoms with Gasteiger partial charge in [0.25, 0.3) is 5.91 Å². The highest BCUT2D eigenvalue weighted by atomic mass is 16.2. The van der Waals surface area contributed by atoms with Crippen LogP contribution in [0.5, 0.6) is 0 Å². The van der Waals surface area contributed by atoms with Gasteiger partial charge in [-0.2, -0.15) is 5.26 Å². The van der Waals surface area contributed by atoms with Crippen molar-refractivity contribution in [2.75, 3.05) is 18.4 Å². The largest absolute Gasteiger partial charge is 0.338 e. The van der Waals surface area contributed by atoms with Crippen molar-refractivity contribution in [3.8, 4) is 6.07 Å². The number of carbonyl (C=O) groups excluding carboxylic acids is 1. The first-order chi connectivity index (χ1) is 14.6. The van der Waals surface area contributed by atoms with E-state index in [2.05, 4.69) is 23.3 Å². The zero-order valence-electron chi connectivity index (χ0n) is 16.9. The molecule has 4 rings (SSSR count). The minimum absolute atomic E-state index is 0.00347. The number of carbonyl (C=O) groups is 1. The molecule has 0 aliphatic carbocycles. The maximum absolute atomic E-state index is 12.9. The standard InChI is InChI=1S/C24H23N5O/c1-17-4-10-21(11-5-17)27-24-26-13-12-22(28-24)20-3-2-14-29(16-20)23(30)19-8-6-18(15-25)7-9-19/h4-13,20H,2-3,14,16H2,1H3,(H,26,27,28)/t20-/m1/s1. The van der Waals surface area contributed by atoms with Crippen LogP contribution < -0.4 is 5.32 Å². The Labute approximate surface area is 176 Å². The fourth-order valence-corrected chi connectivity index (χ4v) is 3.70. The summed E-state index contributed by atoms with van der Waals surface area (Å²) in [4.78, 5) is 23.8. The number of piperidine rings is 1. The van der Waals surface area contributed by atoms with Crippen LogP contribution in [0.25, 0.3) is 0 Å². The smallest absolute Gasteiger partial charge is 0.253 e. The molecule has 1 aliphatic heterocycles. The van der Waals surface area contributed by atoms with Crippen molar-refractivity contribution >= 4 is 17.5 Å². The maximum atomic E-state index is 12.9. The fraction of sp³-hybridized carbons (Fsp3) is 0.250. The number of aryl methyl sites for hydroxylation is 1. The molecule has 1 aliphatic rings. The SMILES string of the molecule is Cc1ccc(Nc2nccc([C@@H]3CCCN(C(=O)c4ccc(C#N)cc4)C3)n2)cc1. The summed E-state index contributed by atoms with van der Waals surface area (Å²) in [5.41, 5.74) is 4.25. The van der Waals surface area contributed by atoms with Crippen LogP contribution in [-0.4, -0.2) is 33.9 Å². The first-order valence-corrected chi connectivity index (χ1v) is 10.1. The number of rotatable bonds is 4. The molecule has 1 N–H and O–H groups in total. The van der Waals surface area contributed by atoms with Crippen molar-refractivity contribution in [1.82, 2.24) is 14.9 Å². The van der Waals surface area contributed by atoms with Gasteiger partial charge in [-0.15, -0.1) is 0 Å². The molecule has 0 spiro atoms. The van der Waals surface area contributed by atoms with E-state index in [9.17, 15) is 4.79 Å². The van der Waals surface area contributed by atoms with E-state index in [0.29, 0.717) is 23.6 Å². The van der Waals surface area contributed by atoms with Crippen LogP contribution in [0.15, 0.2) is 60.8 Å². The van der Waals surface area contributed by atoms with Crippen LogP contribution >= 0.6 is 0 Å². The van der Waals surface area contributed by atoms with E-state index in [4.69, 9.17) is 10.2 Å². The molecule has 1 fully saturated rings. The Morgan fingerprint density at radius 2 is 1.90 bits per heavy atom. The summed E-state index contributed by atoms with van der Waals surface area (Å²) < 4.78 is 0. The van der Waals surface area contributed by atoms with Crippen molar-refractivity contribution in [2.24, 2.45) is 0 Å². The molecule has 2 heterocycles. The number of anilines is 2. The lowest BCUT2D eigenvalue weighted by Gasteiger charge is -2.32. The summed E-state index contributed by atoms with van der Waals surface area (Å²) in [6, 6.07) is 18.9. The molecule has 30 heavy (non-hydrogen) atoms. The highest BCUT2D eigenvalue weighted by Gasteiger charge is 2.26. The van der Waals surface area contributed by atoms with Crippen LogP contribution in [0.2, 0.25) is 0 Å². The number of nitriles is 1. The van der Waals surface area contributed by atoms with Crippen molar-refractivity contribution in [3.05, 3.63) is 83.2 Å². The second kappa shape index (κ2) is 8.75. The first kappa shape index (κ1) is 19.6. The van der Waals surface area contributed by atoms with E-state index in [1.54, 1.807) is 30.5 Å². The van der Waals surface area contributed by atoms with Gasteiger partial charge in [0.15, 0.2) is 0 Å². The number of nitrogens with one attached hydrogen (secondary N) is 1. The molecular weight excluding hydrogens is 374 g/mol. The Balaban J connectivity index is 1.46. The Morgan fingerprint density at radius 3 is 2.63 bits per heavy atom. The lowest BCUT2D eigenvalue weighted by molar-refractivity contribution is 0.0706. The highest BCUT2D eigenvalue weighted by Crippen LogP contribution is 2.27. The summed E-state index contributed by atoms with van der Waals surface area (Å²) >= 11 is 0. The van der Waals surface area contributed by atoms with E-state index >= 15 is 0 Å². The number of likely N-dealkylation sites (tertiary alicyclic amines) is 1. The summed E-state index contributed by atoms with van der Waals surface area (Å²) in [6.45, 7) is 3.41. The molecular formula is C24H23N5O. The predicted molar refractivity (Wildman–Crippen MR) is 116 cm³/mol. The normalized spacial score (nSPS) is 16.0. The zero-order chi connectivity index (χ0) is 20.9. The number of hydrogen-bond donors (Lipinski definition) is 1. The molecule has 6 nitrogen and oxygen atoms in total. The summed E-state index contributed by atoms with van der Waals surface area (Å²) in [5, 5.41) is 12.2. The van der Waals surface area contributed by atoms with E-state index < -0.39 is 0 Å². The Bertz CT molecular complexity index is 1070. The van der Waals surface area contributed by atoms with Crippen LogP contribution in [0.1, 0.15) is 45.9 Å². The van der Waals surface area contributed by atoms with Crippen LogP contribution in [-0.2, 0) is 0 Å². The van der Waals surface area contributed by atoms with Crippen molar-refractivity contribution in [3.63, 3.8) is 0 Å².